The van der Waals surface area contributed by atoms with Crippen LogP contribution in [0.5, 0.6) is 0 Å². The van der Waals surface area contributed by atoms with Gasteiger partial charge in [0.1, 0.15) is 12.1 Å². The molecule has 6 heteroatoms. The number of carbonyl (C=O) groups excluding carboxylic acids is 3. The van der Waals surface area contributed by atoms with Gasteiger partial charge in [-0.1, -0.05) is 49.6 Å². The number of imide groups is 1. The highest BCUT2D eigenvalue weighted by Crippen LogP contribution is 2.29. The maximum absolute atomic E-state index is 12.9. The Balaban J connectivity index is 1.67. The zero-order valence-electron chi connectivity index (χ0n) is 15.7. The number of hydrogen-bond donors (Lipinski definition) is 2. The average Bonchev–Trinajstić information content (AvgIpc) is 2.79. The van der Waals surface area contributed by atoms with E-state index in [1.165, 1.54) is 6.42 Å². The van der Waals surface area contributed by atoms with Gasteiger partial charge in [0.05, 0.1) is 0 Å². The number of urea groups is 1. The number of aryl methyl sites for hydroxylation is 1. The highest BCUT2D eigenvalue weighted by atomic mass is 16.2. The minimum absolute atomic E-state index is 0.135. The molecule has 140 valence electrons. The molecular weight excluding hydrogens is 330 g/mol. The zero-order valence-corrected chi connectivity index (χ0v) is 15.7. The monoisotopic (exact) mass is 357 g/mol. The van der Waals surface area contributed by atoms with Crippen LogP contribution in [-0.4, -0.2) is 35.3 Å². The second kappa shape index (κ2) is 7.09. The van der Waals surface area contributed by atoms with Crippen LogP contribution in [0.1, 0.15) is 50.7 Å². The van der Waals surface area contributed by atoms with Crippen molar-refractivity contribution in [2.24, 2.45) is 5.92 Å². The van der Waals surface area contributed by atoms with E-state index in [-0.39, 0.29) is 18.5 Å². The van der Waals surface area contributed by atoms with Crippen LogP contribution in [0, 0.1) is 12.8 Å². The third kappa shape index (κ3) is 3.59. The molecule has 1 aliphatic carbocycles. The minimum atomic E-state index is -1.13. The van der Waals surface area contributed by atoms with Gasteiger partial charge in [0.2, 0.25) is 5.91 Å². The standard InChI is InChI=1S/C20H27N3O3/c1-13-7-9-15(10-8-13)20(3)18(25)23(19(26)22-20)12-17(24)21-16-6-4-5-14(2)11-16/h7-10,14,16H,4-6,11-12H2,1-3H3,(H,21,24)(H,22,26). The van der Waals surface area contributed by atoms with Crippen molar-refractivity contribution in [3.05, 3.63) is 35.4 Å². The number of hydrogen-bond acceptors (Lipinski definition) is 3. The smallest absolute Gasteiger partial charge is 0.325 e. The highest BCUT2D eigenvalue weighted by molar-refractivity contribution is 6.09. The maximum atomic E-state index is 12.9. The van der Waals surface area contributed by atoms with E-state index in [2.05, 4.69) is 17.6 Å². The Morgan fingerprint density at radius 2 is 1.96 bits per heavy atom. The first-order valence-electron chi connectivity index (χ1n) is 9.30. The van der Waals surface area contributed by atoms with Gasteiger partial charge in [0.15, 0.2) is 0 Å². The van der Waals surface area contributed by atoms with Gasteiger partial charge in [-0.3, -0.25) is 14.5 Å². The molecule has 1 saturated carbocycles. The molecule has 3 rings (SSSR count). The van der Waals surface area contributed by atoms with Gasteiger partial charge in [0.25, 0.3) is 5.91 Å². The quantitative estimate of drug-likeness (QED) is 0.813. The van der Waals surface area contributed by atoms with Crippen LogP contribution >= 0.6 is 0 Å². The Bertz CT molecular complexity index is 716. The predicted molar refractivity (Wildman–Crippen MR) is 98.3 cm³/mol. The molecule has 2 aliphatic rings. The van der Waals surface area contributed by atoms with Crippen LogP contribution in [0.2, 0.25) is 0 Å². The lowest BCUT2D eigenvalue weighted by Crippen LogP contribution is -2.46. The number of carbonyl (C=O) groups is 3. The molecule has 1 aromatic rings. The molecule has 2 N–H and O–H groups in total. The average molecular weight is 357 g/mol. The fourth-order valence-electron chi connectivity index (χ4n) is 3.91. The molecule has 6 nitrogen and oxygen atoms in total. The molecule has 26 heavy (non-hydrogen) atoms. The summed E-state index contributed by atoms with van der Waals surface area (Å²) in [5.74, 6) is -0.0742. The van der Waals surface area contributed by atoms with Crippen molar-refractivity contribution in [1.82, 2.24) is 15.5 Å². The van der Waals surface area contributed by atoms with Crippen LogP contribution in [0.15, 0.2) is 24.3 Å². The summed E-state index contributed by atoms with van der Waals surface area (Å²) < 4.78 is 0. The predicted octanol–water partition coefficient (Wildman–Crippen LogP) is 2.46. The second-order valence-corrected chi connectivity index (χ2v) is 7.85. The molecule has 3 unspecified atom stereocenters. The van der Waals surface area contributed by atoms with Crippen LogP contribution in [0.3, 0.4) is 0 Å². The van der Waals surface area contributed by atoms with E-state index in [0.717, 1.165) is 29.7 Å². The summed E-state index contributed by atoms with van der Waals surface area (Å²) in [6.45, 7) is 5.59. The van der Waals surface area contributed by atoms with Gasteiger partial charge in [0, 0.05) is 6.04 Å². The van der Waals surface area contributed by atoms with Crippen LogP contribution in [-0.2, 0) is 15.1 Å². The summed E-state index contributed by atoms with van der Waals surface area (Å²) in [4.78, 5) is 38.6. The number of rotatable bonds is 4. The number of nitrogens with zero attached hydrogens (tertiary/aromatic N) is 1. The van der Waals surface area contributed by atoms with E-state index in [4.69, 9.17) is 0 Å². The van der Waals surface area contributed by atoms with E-state index in [9.17, 15) is 14.4 Å². The van der Waals surface area contributed by atoms with Gasteiger partial charge in [-0.15, -0.1) is 0 Å². The molecule has 0 aromatic heterocycles. The van der Waals surface area contributed by atoms with Crippen molar-refractivity contribution < 1.29 is 14.4 Å². The van der Waals surface area contributed by atoms with Crippen molar-refractivity contribution in [2.45, 2.75) is 58.0 Å². The lowest BCUT2D eigenvalue weighted by molar-refractivity contribution is -0.135. The third-order valence-electron chi connectivity index (χ3n) is 5.51. The molecule has 0 bridgehead atoms. The first kappa shape index (κ1) is 18.4. The summed E-state index contributed by atoms with van der Waals surface area (Å²) >= 11 is 0. The van der Waals surface area contributed by atoms with E-state index in [1.54, 1.807) is 6.92 Å². The maximum Gasteiger partial charge on any atom is 0.325 e. The number of benzene rings is 1. The molecule has 1 heterocycles. The van der Waals surface area contributed by atoms with E-state index >= 15 is 0 Å². The van der Waals surface area contributed by atoms with E-state index < -0.39 is 17.5 Å². The molecular formula is C20H27N3O3. The van der Waals surface area contributed by atoms with Crippen LogP contribution < -0.4 is 10.6 Å². The zero-order chi connectivity index (χ0) is 18.9. The van der Waals surface area contributed by atoms with Crippen molar-refractivity contribution in [3.63, 3.8) is 0 Å². The van der Waals surface area contributed by atoms with Crippen molar-refractivity contribution in [3.8, 4) is 0 Å². The molecule has 1 aliphatic heterocycles. The fourth-order valence-corrected chi connectivity index (χ4v) is 3.91. The minimum Gasteiger partial charge on any atom is -0.352 e. The Hall–Kier alpha value is -2.37. The second-order valence-electron chi connectivity index (χ2n) is 7.85. The summed E-state index contributed by atoms with van der Waals surface area (Å²) in [6, 6.07) is 7.08. The molecule has 1 aromatic carbocycles. The summed E-state index contributed by atoms with van der Waals surface area (Å²) in [5, 5.41) is 5.72. The Morgan fingerprint density at radius 3 is 2.62 bits per heavy atom. The summed E-state index contributed by atoms with van der Waals surface area (Å²) in [5.41, 5.74) is 0.655. The van der Waals surface area contributed by atoms with Gasteiger partial charge in [-0.25, -0.2) is 4.79 Å². The van der Waals surface area contributed by atoms with Gasteiger partial charge >= 0.3 is 6.03 Å². The molecule has 4 amide bonds. The van der Waals surface area contributed by atoms with Crippen LogP contribution in [0.4, 0.5) is 4.79 Å². The number of amides is 4. The first-order valence-corrected chi connectivity index (χ1v) is 9.30. The summed E-state index contributed by atoms with van der Waals surface area (Å²) in [6.07, 6.45) is 4.19. The number of nitrogens with one attached hydrogen (secondary N) is 2. The topological polar surface area (TPSA) is 78.5 Å². The Labute approximate surface area is 154 Å². The third-order valence-corrected chi connectivity index (χ3v) is 5.51. The highest BCUT2D eigenvalue weighted by Gasteiger charge is 2.49. The Morgan fingerprint density at radius 1 is 1.27 bits per heavy atom. The van der Waals surface area contributed by atoms with Gasteiger partial charge in [-0.2, -0.15) is 0 Å². The van der Waals surface area contributed by atoms with E-state index in [1.807, 2.05) is 31.2 Å². The summed E-state index contributed by atoms with van der Waals surface area (Å²) in [7, 11) is 0. The van der Waals surface area contributed by atoms with Gasteiger partial charge < -0.3 is 10.6 Å². The van der Waals surface area contributed by atoms with Crippen LogP contribution in [0.25, 0.3) is 0 Å². The first-order chi connectivity index (χ1) is 12.3. The van der Waals surface area contributed by atoms with Crippen molar-refractivity contribution >= 4 is 17.8 Å². The normalized spacial score (nSPS) is 28.8. The SMILES string of the molecule is Cc1ccc(C2(C)NC(=O)N(CC(=O)NC3CCCC(C)C3)C2=O)cc1. The van der Waals surface area contributed by atoms with Crippen molar-refractivity contribution in [1.29, 1.82) is 0 Å². The van der Waals surface area contributed by atoms with Crippen molar-refractivity contribution in [2.75, 3.05) is 6.54 Å². The lowest BCUT2D eigenvalue weighted by atomic mass is 9.87. The fraction of sp³-hybridized carbons (Fsp3) is 0.550. The van der Waals surface area contributed by atoms with Gasteiger partial charge in [-0.05, 0) is 38.2 Å². The van der Waals surface area contributed by atoms with E-state index in [0.29, 0.717) is 11.5 Å². The molecule has 3 atom stereocenters. The molecule has 0 spiro atoms. The largest absolute Gasteiger partial charge is 0.352 e. The lowest BCUT2D eigenvalue weighted by Gasteiger charge is -2.28. The molecule has 2 fully saturated rings. The Kier molecular flexibility index (Phi) is 5.03. The molecule has 0 radical (unpaired) electrons. The molecule has 1 saturated heterocycles.